The number of nitro benzene ring substituents is 1. The van der Waals surface area contributed by atoms with Gasteiger partial charge in [-0.2, -0.15) is 0 Å². The molecular formula is C14H21ClN3O4+. The quantitative estimate of drug-likeness (QED) is 0.565. The van der Waals surface area contributed by atoms with Gasteiger partial charge in [0.05, 0.1) is 48.4 Å². The molecule has 0 unspecified atom stereocenters. The Labute approximate surface area is 134 Å². The SMILES string of the molecule is COC[C@@H](O)C[NH+]1CCN(c2ccc([N+](=O)[O-])cc2Cl)CC1. The molecule has 1 aromatic carbocycles. The third kappa shape index (κ3) is 4.30. The Bertz CT molecular complexity index is 521. The van der Waals surface area contributed by atoms with Gasteiger partial charge in [0.2, 0.25) is 0 Å². The number of anilines is 1. The molecule has 7 nitrogen and oxygen atoms in total. The van der Waals surface area contributed by atoms with Crippen molar-refractivity contribution >= 4 is 23.0 Å². The fraction of sp³-hybridized carbons (Fsp3) is 0.571. The summed E-state index contributed by atoms with van der Waals surface area (Å²) in [6, 6.07) is 4.56. The van der Waals surface area contributed by atoms with Crippen LogP contribution in [0.25, 0.3) is 0 Å². The Morgan fingerprint density at radius 2 is 2.18 bits per heavy atom. The standard InChI is InChI=1S/C14H20ClN3O4/c1-22-10-12(19)9-16-4-6-17(7-5-16)14-3-2-11(18(20)21)8-13(14)15/h2-3,8,12,19H,4-7,9-10H2,1H3/p+1/t12-/m0/s1. The van der Waals surface area contributed by atoms with Gasteiger partial charge >= 0.3 is 0 Å². The molecule has 122 valence electrons. The van der Waals surface area contributed by atoms with Crippen molar-refractivity contribution in [2.75, 3.05) is 51.3 Å². The Morgan fingerprint density at radius 3 is 2.73 bits per heavy atom. The molecule has 0 saturated carbocycles. The number of methoxy groups -OCH3 is 1. The first-order valence-corrected chi connectivity index (χ1v) is 7.58. The van der Waals surface area contributed by atoms with Crippen LogP contribution >= 0.6 is 11.6 Å². The average molecular weight is 331 g/mol. The zero-order valence-corrected chi connectivity index (χ0v) is 13.3. The van der Waals surface area contributed by atoms with Crippen molar-refractivity contribution in [2.24, 2.45) is 0 Å². The number of nitro groups is 1. The van der Waals surface area contributed by atoms with Crippen LogP contribution < -0.4 is 9.80 Å². The summed E-state index contributed by atoms with van der Waals surface area (Å²) in [6.45, 7) is 4.37. The fourth-order valence-electron chi connectivity index (χ4n) is 2.72. The second-order valence-corrected chi connectivity index (χ2v) is 5.85. The molecule has 1 aromatic rings. The average Bonchev–Trinajstić information content (AvgIpc) is 2.48. The second kappa shape index (κ2) is 7.73. The molecule has 2 rings (SSSR count). The molecule has 8 heteroatoms. The maximum absolute atomic E-state index is 10.7. The lowest BCUT2D eigenvalue weighted by atomic mass is 10.2. The molecule has 1 atom stereocenters. The van der Waals surface area contributed by atoms with Crippen molar-refractivity contribution in [3.05, 3.63) is 33.3 Å². The van der Waals surface area contributed by atoms with E-state index in [0.29, 0.717) is 18.2 Å². The van der Waals surface area contributed by atoms with Gasteiger partial charge < -0.3 is 19.6 Å². The number of nitrogens with zero attached hydrogens (tertiary/aromatic N) is 2. The molecule has 1 heterocycles. The Balaban J connectivity index is 1.93. The number of ether oxygens (including phenoxy) is 1. The van der Waals surface area contributed by atoms with E-state index in [1.807, 2.05) is 0 Å². The van der Waals surface area contributed by atoms with E-state index in [1.165, 1.54) is 17.0 Å². The van der Waals surface area contributed by atoms with Gasteiger partial charge in [0.15, 0.2) is 0 Å². The predicted molar refractivity (Wildman–Crippen MR) is 83.8 cm³/mol. The summed E-state index contributed by atoms with van der Waals surface area (Å²) in [5.41, 5.74) is 0.824. The van der Waals surface area contributed by atoms with Gasteiger partial charge in [0.25, 0.3) is 5.69 Å². The first-order valence-electron chi connectivity index (χ1n) is 7.20. The van der Waals surface area contributed by atoms with Crippen LogP contribution in [0.2, 0.25) is 5.02 Å². The van der Waals surface area contributed by atoms with Crippen LogP contribution in [0.4, 0.5) is 11.4 Å². The molecule has 0 amide bonds. The van der Waals surface area contributed by atoms with Crippen LogP contribution in [-0.2, 0) is 4.74 Å². The summed E-state index contributed by atoms with van der Waals surface area (Å²) in [7, 11) is 1.58. The third-order valence-electron chi connectivity index (χ3n) is 3.84. The van der Waals surface area contributed by atoms with Crippen LogP contribution in [0, 0.1) is 10.1 Å². The number of halogens is 1. The Kier molecular flexibility index (Phi) is 5.96. The smallest absolute Gasteiger partial charge is 0.271 e. The molecule has 0 aliphatic carbocycles. The van der Waals surface area contributed by atoms with E-state index in [-0.39, 0.29) is 5.69 Å². The summed E-state index contributed by atoms with van der Waals surface area (Å²) in [6.07, 6.45) is -0.450. The first-order chi connectivity index (χ1) is 10.5. The molecule has 0 radical (unpaired) electrons. The molecular weight excluding hydrogens is 310 g/mol. The van der Waals surface area contributed by atoms with Crippen LogP contribution in [-0.4, -0.2) is 62.6 Å². The highest BCUT2D eigenvalue weighted by Gasteiger charge is 2.24. The van der Waals surface area contributed by atoms with E-state index in [9.17, 15) is 15.2 Å². The number of hydrogen-bond donors (Lipinski definition) is 2. The third-order valence-corrected chi connectivity index (χ3v) is 4.14. The molecule has 1 saturated heterocycles. The van der Waals surface area contributed by atoms with E-state index in [2.05, 4.69) is 4.90 Å². The second-order valence-electron chi connectivity index (χ2n) is 5.44. The minimum absolute atomic E-state index is 0.000647. The summed E-state index contributed by atoms with van der Waals surface area (Å²) in [5.74, 6) is 0. The van der Waals surface area contributed by atoms with Crippen molar-refractivity contribution in [3.8, 4) is 0 Å². The van der Waals surface area contributed by atoms with Crippen LogP contribution in [0.1, 0.15) is 0 Å². The molecule has 1 aliphatic rings. The molecule has 22 heavy (non-hydrogen) atoms. The number of benzene rings is 1. The molecule has 0 bridgehead atoms. The van der Waals surface area contributed by atoms with Gasteiger partial charge in [-0.15, -0.1) is 0 Å². The van der Waals surface area contributed by atoms with Crippen LogP contribution in [0.15, 0.2) is 18.2 Å². The van der Waals surface area contributed by atoms with Gasteiger partial charge in [-0.25, -0.2) is 0 Å². The maximum Gasteiger partial charge on any atom is 0.271 e. The number of rotatable bonds is 6. The van der Waals surface area contributed by atoms with Crippen LogP contribution in [0.3, 0.4) is 0 Å². The lowest BCUT2D eigenvalue weighted by Gasteiger charge is -2.34. The first kappa shape index (κ1) is 17.0. The number of aliphatic hydroxyl groups is 1. The molecule has 1 aliphatic heterocycles. The lowest BCUT2D eigenvalue weighted by molar-refractivity contribution is -0.903. The number of nitrogens with one attached hydrogen (secondary N) is 1. The summed E-state index contributed by atoms with van der Waals surface area (Å²) in [5, 5.41) is 20.9. The normalized spacial score (nSPS) is 17.5. The number of aliphatic hydroxyl groups excluding tert-OH is 1. The highest BCUT2D eigenvalue weighted by Crippen LogP contribution is 2.29. The maximum atomic E-state index is 10.7. The predicted octanol–water partition coefficient (Wildman–Crippen LogP) is -0.0396. The summed E-state index contributed by atoms with van der Waals surface area (Å²) in [4.78, 5) is 13.7. The number of hydrogen-bond acceptors (Lipinski definition) is 5. The Hall–Kier alpha value is -1.41. The van der Waals surface area contributed by atoms with Gasteiger partial charge in [-0.1, -0.05) is 11.6 Å². The van der Waals surface area contributed by atoms with E-state index in [1.54, 1.807) is 13.2 Å². The monoisotopic (exact) mass is 330 g/mol. The van der Waals surface area contributed by atoms with E-state index >= 15 is 0 Å². The van der Waals surface area contributed by atoms with Crippen molar-refractivity contribution in [1.82, 2.24) is 0 Å². The summed E-state index contributed by atoms with van der Waals surface area (Å²) < 4.78 is 4.94. The minimum Gasteiger partial charge on any atom is -0.385 e. The van der Waals surface area contributed by atoms with Gasteiger partial charge in [0.1, 0.15) is 12.6 Å². The summed E-state index contributed by atoms with van der Waals surface area (Å²) >= 11 is 6.16. The molecule has 0 spiro atoms. The van der Waals surface area contributed by atoms with Crippen LogP contribution in [0.5, 0.6) is 0 Å². The van der Waals surface area contributed by atoms with Crippen molar-refractivity contribution in [3.63, 3.8) is 0 Å². The fourth-order valence-corrected chi connectivity index (χ4v) is 3.01. The zero-order valence-electron chi connectivity index (χ0n) is 12.5. The van der Waals surface area contributed by atoms with Gasteiger partial charge in [0, 0.05) is 19.2 Å². The highest BCUT2D eigenvalue weighted by molar-refractivity contribution is 6.33. The van der Waals surface area contributed by atoms with E-state index in [0.717, 1.165) is 31.9 Å². The zero-order chi connectivity index (χ0) is 16.1. The minimum atomic E-state index is -0.450. The van der Waals surface area contributed by atoms with Gasteiger partial charge in [-0.05, 0) is 6.07 Å². The van der Waals surface area contributed by atoms with Crippen molar-refractivity contribution in [1.29, 1.82) is 0 Å². The largest absolute Gasteiger partial charge is 0.385 e. The van der Waals surface area contributed by atoms with Gasteiger partial charge in [-0.3, -0.25) is 10.1 Å². The van der Waals surface area contributed by atoms with Crippen molar-refractivity contribution in [2.45, 2.75) is 6.10 Å². The highest BCUT2D eigenvalue weighted by atomic mass is 35.5. The molecule has 2 N–H and O–H groups in total. The number of quaternary nitrogens is 1. The Morgan fingerprint density at radius 1 is 1.50 bits per heavy atom. The number of non-ortho nitro benzene ring substituents is 1. The number of piperazine rings is 1. The molecule has 1 fully saturated rings. The van der Waals surface area contributed by atoms with Crippen molar-refractivity contribution < 1.29 is 19.7 Å². The topological polar surface area (TPSA) is 80.3 Å². The molecule has 0 aromatic heterocycles. The van der Waals surface area contributed by atoms with E-state index < -0.39 is 11.0 Å². The van der Waals surface area contributed by atoms with E-state index in [4.69, 9.17) is 16.3 Å². The lowest BCUT2D eigenvalue weighted by Crippen LogP contribution is -3.16.